The minimum atomic E-state index is -0.214. The predicted octanol–water partition coefficient (Wildman–Crippen LogP) is 4.85. The Labute approximate surface area is 149 Å². The summed E-state index contributed by atoms with van der Waals surface area (Å²) < 4.78 is 5.28. The summed E-state index contributed by atoms with van der Waals surface area (Å²) in [5.74, 6) is 0.652. The Morgan fingerprint density at radius 3 is 2.64 bits per heavy atom. The molecule has 4 heteroatoms. The molecule has 1 atom stereocenters. The molecule has 0 spiro atoms. The zero-order chi connectivity index (χ0) is 17.6. The Morgan fingerprint density at radius 1 is 1.12 bits per heavy atom. The van der Waals surface area contributed by atoms with E-state index in [9.17, 15) is 4.79 Å². The summed E-state index contributed by atoms with van der Waals surface area (Å²) in [5.41, 5.74) is 4.75. The van der Waals surface area contributed by atoms with Gasteiger partial charge in [-0.2, -0.15) is 0 Å². The van der Waals surface area contributed by atoms with E-state index < -0.39 is 0 Å². The first-order valence-electron chi connectivity index (χ1n) is 9.03. The number of methoxy groups -OCH3 is 1. The van der Waals surface area contributed by atoms with Crippen molar-refractivity contribution >= 4 is 11.7 Å². The number of benzene rings is 2. The second-order valence-corrected chi connectivity index (χ2v) is 6.49. The van der Waals surface area contributed by atoms with Crippen LogP contribution in [-0.4, -0.2) is 13.1 Å². The van der Waals surface area contributed by atoms with Crippen LogP contribution in [0.3, 0.4) is 0 Å². The van der Waals surface area contributed by atoms with E-state index in [0.29, 0.717) is 11.4 Å². The summed E-state index contributed by atoms with van der Waals surface area (Å²) in [4.78, 5) is 12.4. The number of anilines is 1. The number of nitrogens with one attached hydrogen (secondary N) is 2. The lowest BCUT2D eigenvalue weighted by Gasteiger charge is -2.22. The van der Waals surface area contributed by atoms with E-state index >= 15 is 0 Å². The Hall–Kier alpha value is -2.49. The largest absolute Gasteiger partial charge is 0.495 e. The van der Waals surface area contributed by atoms with Crippen LogP contribution in [0.5, 0.6) is 5.75 Å². The molecule has 3 rings (SSSR count). The van der Waals surface area contributed by atoms with Crippen molar-refractivity contribution in [2.45, 2.75) is 45.1 Å². The Kier molecular flexibility index (Phi) is 5.59. The molecule has 1 aliphatic carbocycles. The maximum Gasteiger partial charge on any atom is 0.319 e. The van der Waals surface area contributed by atoms with Crippen LogP contribution in [0.2, 0.25) is 0 Å². The van der Waals surface area contributed by atoms with Crippen molar-refractivity contribution in [1.29, 1.82) is 0 Å². The fourth-order valence-corrected chi connectivity index (χ4v) is 3.46. The van der Waals surface area contributed by atoms with E-state index in [1.54, 1.807) is 7.11 Å². The van der Waals surface area contributed by atoms with Crippen LogP contribution in [0.4, 0.5) is 10.5 Å². The zero-order valence-electron chi connectivity index (χ0n) is 15.0. The third-order valence-corrected chi connectivity index (χ3v) is 4.84. The number of amides is 2. The zero-order valence-corrected chi connectivity index (χ0v) is 15.0. The molecule has 2 amide bonds. The van der Waals surface area contributed by atoms with Crippen LogP contribution in [-0.2, 0) is 12.8 Å². The van der Waals surface area contributed by atoms with Crippen molar-refractivity contribution in [3.05, 3.63) is 59.2 Å². The number of para-hydroxylation sites is 2. The topological polar surface area (TPSA) is 50.4 Å². The van der Waals surface area contributed by atoms with E-state index in [0.717, 1.165) is 12.8 Å². The number of fused-ring (bicyclic) bond motifs is 1. The molecule has 132 valence electrons. The van der Waals surface area contributed by atoms with Gasteiger partial charge in [-0.05, 0) is 60.9 Å². The maximum atomic E-state index is 12.4. The Morgan fingerprint density at radius 2 is 1.88 bits per heavy atom. The van der Waals surface area contributed by atoms with Crippen LogP contribution in [0, 0.1) is 0 Å². The average molecular weight is 338 g/mol. The second-order valence-electron chi connectivity index (χ2n) is 6.49. The molecule has 0 heterocycles. The molecule has 0 radical (unpaired) electrons. The van der Waals surface area contributed by atoms with Gasteiger partial charge in [-0.15, -0.1) is 0 Å². The standard InChI is InChI=1S/C21H26N2O2/c1-3-18(17-13-12-15-8-4-5-9-16(15)14-17)22-21(24)23-19-10-6-7-11-20(19)25-2/h6-7,10-14,18H,3-5,8-9H2,1-2H3,(H2,22,23,24)/t18-/m1/s1. The molecular weight excluding hydrogens is 312 g/mol. The molecule has 0 bridgehead atoms. The van der Waals surface area contributed by atoms with Crippen molar-refractivity contribution in [1.82, 2.24) is 5.32 Å². The number of aryl methyl sites for hydroxylation is 2. The molecule has 0 aliphatic heterocycles. The van der Waals surface area contributed by atoms with E-state index in [2.05, 4.69) is 35.8 Å². The molecular formula is C21H26N2O2. The van der Waals surface area contributed by atoms with E-state index in [-0.39, 0.29) is 12.1 Å². The first-order chi connectivity index (χ1) is 12.2. The van der Waals surface area contributed by atoms with Crippen molar-refractivity contribution in [2.24, 2.45) is 0 Å². The fourth-order valence-electron chi connectivity index (χ4n) is 3.46. The molecule has 1 aliphatic rings. The highest BCUT2D eigenvalue weighted by molar-refractivity contribution is 5.91. The summed E-state index contributed by atoms with van der Waals surface area (Å²) in [6.07, 6.45) is 5.71. The van der Waals surface area contributed by atoms with Crippen LogP contribution >= 0.6 is 0 Å². The van der Waals surface area contributed by atoms with Gasteiger partial charge in [-0.3, -0.25) is 0 Å². The first kappa shape index (κ1) is 17.3. The highest BCUT2D eigenvalue weighted by Gasteiger charge is 2.16. The van der Waals surface area contributed by atoms with Gasteiger partial charge in [0.2, 0.25) is 0 Å². The van der Waals surface area contributed by atoms with Gasteiger partial charge < -0.3 is 15.4 Å². The van der Waals surface area contributed by atoms with Gasteiger partial charge in [0.15, 0.2) is 0 Å². The summed E-state index contributed by atoms with van der Waals surface area (Å²) in [7, 11) is 1.60. The van der Waals surface area contributed by atoms with E-state index in [1.165, 1.54) is 36.0 Å². The molecule has 0 unspecified atom stereocenters. The molecule has 0 saturated heterocycles. The molecule has 0 saturated carbocycles. The van der Waals surface area contributed by atoms with Gasteiger partial charge in [-0.25, -0.2) is 4.79 Å². The molecule has 4 nitrogen and oxygen atoms in total. The van der Waals surface area contributed by atoms with Gasteiger partial charge >= 0.3 is 6.03 Å². The average Bonchev–Trinajstić information content (AvgIpc) is 2.66. The fraction of sp³-hybridized carbons (Fsp3) is 0.381. The minimum Gasteiger partial charge on any atom is -0.495 e. The molecule has 2 aromatic carbocycles. The summed E-state index contributed by atoms with van der Waals surface area (Å²) in [6.45, 7) is 2.09. The number of ether oxygens (including phenoxy) is 1. The van der Waals surface area contributed by atoms with Crippen molar-refractivity contribution in [3.63, 3.8) is 0 Å². The normalized spacial score (nSPS) is 14.3. The SMILES string of the molecule is CC[C@@H](NC(=O)Nc1ccccc1OC)c1ccc2c(c1)CCCC2. The summed E-state index contributed by atoms with van der Waals surface area (Å²) >= 11 is 0. The van der Waals surface area contributed by atoms with Gasteiger partial charge in [0, 0.05) is 0 Å². The van der Waals surface area contributed by atoms with Crippen molar-refractivity contribution in [3.8, 4) is 5.75 Å². The van der Waals surface area contributed by atoms with E-state index in [4.69, 9.17) is 4.74 Å². The predicted molar refractivity (Wildman–Crippen MR) is 101 cm³/mol. The van der Waals surface area contributed by atoms with Crippen molar-refractivity contribution in [2.75, 3.05) is 12.4 Å². The number of urea groups is 1. The number of carbonyl (C=O) groups excluding carboxylic acids is 1. The second kappa shape index (κ2) is 8.06. The van der Waals surface area contributed by atoms with Gasteiger partial charge in [-0.1, -0.05) is 37.3 Å². The third-order valence-electron chi connectivity index (χ3n) is 4.84. The van der Waals surface area contributed by atoms with Crippen LogP contribution in [0.25, 0.3) is 0 Å². The van der Waals surface area contributed by atoms with Crippen molar-refractivity contribution < 1.29 is 9.53 Å². The lowest BCUT2D eigenvalue weighted by atomic mass is 9.89. The maximum absolute atomic E-state index is 12.4. The van der Waals surface area contributed by atoms with Gasteiger partial charge in [0.05, 0.1) is 18.8 Å². The van der Waals surface area contributed by atoms with E-state index in [1.807, 2.05) is 24.3 Å². The number of rotatable bonds is 5. The number of carbonyl (C=O) groups is 1. The van der Waals surface area contributed by atoms with Crippen LogP contribution in [0.1, 0.15) is 48.9 Å². The quantitative estimate of drug-likeness (QED) is 0.819. The third kappa shape index (κ3) is 4.13. The summed E-state index contributed by atoms with van der Waals surface area (Å²) in [5, 5.41) is 5.97. The molecule has 25 heavy (non-hydrogen) atoms. The molecule has 0 fully saturated rings. The monoisotopic (exact) mass is 338 g/mol. The molecule has 2 N–H and O–H groups in total. The Balaban J connectivity index is 1.70. The van der Waals surface area contributed by atoms with Gasteiger partial charge in [0.1, 0.15) is 5.75 Å². The smallest absolute Gasteiger partial charge is 0.319 e. The number of hydrogen-bond acceptors (Lipinski definition) is 2. The van der Waals surface area contributed by atoms with Crippen LogP contribution in [0.15, 0.2) is 42.5 Å². The highest BCUT2D eigenvalue weighted by Crippen LogP contribution is 2.27. The Bertz CT molecular complexity index is 742. The lowest BCUT2D eigenvalue weighted by Crippen LogP contribution is -2.32. The number of hydrogen-bond donors (Lipinski definition) is 2. The molecule has 0 aromatic heterocycles. The first-order valence-corrected chi connectivity index (χ1v) is 9.03. The lowest BCUT2D eigenvalue weighted by molar-refractivity contribution is 0.248. The minimum absolute atomic E-state index is 0.00179. The van der Waals surface area contributed by atoms with Gasteiger partial charge in [0.25, 0.3) is 0 Å². The van der Waals surface area contributed by atoms with Crippen LogP contribution < -0.4 is 15.4 Å². The highest BCUT2D eigenvalue weighted by atomic mass is 16.5. The summed E-state index contributed by atoms with van der Waals surface area (Å²) in [6, 6.07) is 13.9. The molecule has 2 aromatic rings.